The molecule has 1 aliphatic carbocycles. The SMILES string of the molecule is O=C(O)c1cc2c(nc1SCC1CCCO1)CCC2. The fraction of sp³-hybridized carbons (Fsp3) is 0.571. The number of nitrogens with zero attached hydrogens (tertiary/aromatic N) is 1. The lowest BCUT2D eigenvalue weighted by Crippen LogP contribution is -2.10. The van der Waals surface area contributed by atoms with Gasteiger partial charge < -0.3 is 9.84 Å². The van der Waals surface area contributed by atoms with Gasteiger partial charge in [0.15, 0.2) is 0 Å². The van der Waals surface area contributed by atoms with Crippen molar-refractivity contribution in [2.75, 3.05) is 12.4 Å². The Labute approximate surface area is 116 Å². The number of fused-ring (bicyclic) bond motifs is 1. The number of aryl methyl sites for hydroxylation is 2. The Balaban J connectivity index is 1.80. The van der Waals surface area contributed by atoms with Gasteiger partial charge in [-0.25, -0.2) is 9.78 Å². The maximum absolute atomic E-state index is 11.3. The van der Waals surface area contributed by atoms with Crippen LogP contribution in [0.25, 0.3) is 0 Å². The van der Waals surface area contributed by atoms with E-state index in [1.54, 1.807) is 0 Å². The minimum atomic E-state index is -0.878. The number of aromatic nitrogens is 1. The number of carboxylic acids is 1. The fourth-order valence-corrected chi connectivity index (χ4v) is 3.75. The lowest BCUT2D eigenvalue weighted by molar-refractivity contribution is 0.0692. The lowest BCUT2D eigenvalue weighted by atomic mass is 10.1. The molecule has 102 valence electrons. The van der Waals surface area contributed by atoms with Gasteiger partial charge in [0, 0.05) is 18.1 Å². The smallest absolute Gasteiger partial charge is 0.338 e. The number of pyridine rings is 1. The summed E-state index contributed by atoms with van der Waals surface area (Å²) in [4.78, 5) is 15.9. The first-order valence-corrected chi connectivity index (χ1v) is 7.73. The Bertz CT molecular complexity index is 498. The van der Waals surface area contributed by atoms with E-state index in [9.17, 15) is 9.90 Å². The van der Waals surface area contributed by atoms with E-state index in [1.165, 1.54) is 11.8 Å². The van der Waals surface area contributed by atoms with Gasteiger partial charge in [0.05, 0.1) is 11.7 Å². The van der Waals surface area contributed by atoms with Crippen LogP contribution < -0.4 is 0 Å². The predicted octanol–water partition coefficient (Wildman–Crippen LogP) is 2.54. The number of rotatable bonds is 4. The quantitative estimate of drug-likeness (QED) is 0.858. The molecule has 0 bridgehead atoms. The zero-order valence-corrected chi connectivity index (χ0v) is 11.5. The topological polar surface area (TPSA) is 59.4 Å². The van der Waals surface area contributed by atoms with E-state index in [0.29, 0.717) is 10.6 Å². The summed E-state index contributed by atoms with van der Waals surface area (Å²) in [5.74, 6) is -0.0801. The Kier molecular flexibility index (Phi) is 3.75. The molecule has 4 nitrogen and oxygen atoms in total. The third-order valence-electron chi connectivity index (χ3n) is 3.68. The van der Waals surface area contributed by atoms with Gasteiger partial charge in [0.25, 0.3) is 0 Å². The summed E-state index contributed by atoms with van der Waals surface area (Å²) >= 11 is 1.52. The fourth-order valence-electron chi connectivity index (χ4n) is 2.66. The van der Waals surface area contributed by atoms with E-state index in [1.807, 2.05) is 6.07 Å². The molecule has 1 saturated heterocycles. The number of hydrogen-bond donors (Lipinski definition) is 1. The Morgan fingerprint density at radius 3 is 3.11 bits per heavy atom. The van der Waals surface area contributed by atoms with E-state index in [0.717, 1.165) is 55.7 Å². The van der Waals surface area contributed by atoms with Crippen molar-refractivity contribution in [1.82, 2.24) is 4.98 Å². The zero-order valence-electron chi connectivity index (χ0n) is 10.7. The number of thioether (sulfide) groups is 1. The molecule has 3 rings (SSSR count). The van der Waals surface area contributed by atoms with Crippen molar-refractivity contribution >= 4 is 17.7 Å². The van der Waals surface area contributed by atoms with Crippen molar-refractivity contribution < 1.29 is 14.6 Å². The average Bonchev–Trinajstić information content (AvgIpc) is 3.05. The molecule has 0 amide bonds. The minimum Gasteiger partial charge on any atom is -0.478 e. The molecule has 1 unspecified atom stereocenters. The van der Waals surface area contributed by atoms with E-state index < -0.39 is 5.97 Å². The standard InChI is InChI=1S/C14H17NO3S/c16-14(17)11-7-9-3-1-5-12(9)15-13(11)19-8-10-4-2-6-18-10/h7,10H,1-6,8H2,(H,16,17). The Morgan fingerprint density at radius 2 is 2.37 bits per heavy atom. The second kappa shape index (κ2) is 5.51. The highest BCUT2D eigenvalue weighted by molar-refractivity contribution is 7.99. The number of carbonyl (C=O) groups is 1. The van der Waals surface area contributed by atoms with Gasteiger partial charge in [0.2, 0.25) is 0 Å². The van der Waals surface area contributed by atoms with Crippen molar-refractivity contribution in [3.05, 3.63) is 22.9 Å². The summed E-state index contributed by atoms with van der Waals surface area (Å²) in [5, 5.41) is 9.96. The van der Waals surface area contributed by atoms with Crippen molar-refractivity contribution in [3.63, 3.8) is 0 Å². The molecule has 2 aliphatic rings. The molecule has 5 heteroatoms. The van der Waals surface area contributed by atoms with Crippen molar-refractivity contribution in [3.8, 4) is 0 Å². The van der Waals surface area contributed by atoms with Crippen LogP contribution in [0.3, 0.4) is 0 Å². The van der Waals surface area contributed by atoms with Gasteiger partial charge in [-0.15, -0.1) is 11.8 Å². The normalized spacial score (nSPS) is 21.6. The van der Waals surface area contributed by atoms with Crippen LogP contribution in [0.2, 0.25) is 0 Å². The lowest BCUT2D eigenvalue weighted by Gasteiger charge is -2.11. The zero-order chi connectivity index (χ0) is 13.2. The Morgan fingerprint density at radius 1 is 1.47 bits per heavy atom. The number of ether oxygens (including phenoxy) is 1. The van der Waals surface area contributed by atoms with Crippen molar-refractivity contribution in [2.24, 2.45) is 0 Å². The van der Waals surface area contributed by atoms with Gasteiger partial charge in [-0.05, 0) is 43.7 Å². The van der Waals surface area contributed by atoms with E-state index >= 15 is 0 Å². The van der Waals surface area contributed by atoms with Gasteiger partial charge in [0.1, 0.15) is 5.03 Å². The summed E-state index contributed by atoms with van der Waals surface area (Å²) in [5.41, 5.74) is 2.54. The van der Waals surface area contributed by atoms with Crippen LogP contribution in [0, 0.1) is 0 Å². The van der Waals surface area contributed by atoms with E-state index in [4.69, 9.17) is 4.74 Å². The average molecular weight is 279 g/mol. The molecule has 1 aromatic rings. The van der Waals surface area contributed by atoms with Crippen LogP contribution in [0.4, 0.5) is 0 Å². The number of carboxylic acid groups (broad SMARTS) is 1. The van der Waals surface area contributed by atoms with Gasteiger partial charge in [-0.3, -0.25) is 0 Å². The maximum Gasteiger partial charge on any atom is 0.338 e. The molecule has 0 spiro atoms. The minimum absolute atomic E-state index is 0.252. The number of aromatic carboxylic acids is 1. The van der Waals surface area contributed by atoms with Crippen molar-refractivity contribution in [1.29, 1.82) is 0 Å². The largest absolute Gasteiger partial charge is 0.478 e. The van der Waals surface area contributed by atoms with Gasteiger partial charge in [-0.1, -0.05) is 0 Å². The summed E-state index contributed by atoms with van der Waals surface area (Å²) in [7, 11) is 0. The highest BCUT2D eigenvalue weighted by Crippen LogP contribution is 2.30. The van der Waals surface area contributed by atoms with E-state index in [2.05, 4.69) is 4.98 Å². The molecule has 0 radical (unpaired) electrons. The monoisotopic (exact) mass is 279 g/mol. The Hall–Kier alpha value is -1.07. The van der Waals surface area contributed by atoms with Crippen molar-refractivity contribution in [2.45, 2.75) is 43.2 Å². The summed E-state index contributed by atoms with van der Waals surface area (Å²) in [6.45, 7) is 0.828. The second-order valence-corrected chi connectivity index (χ2v) is 6.06. The first-order valence-electron chi connectivity index (χ1n) is 6.74. The number of hydrogen-bond acceptors (Lipinski definition) is 4. The van der Waals surface area contributed by atoms with Crippen LogP contribution in [-0.2, 0) is 17.6 Å². The molecule has 1 fully saturated rings. The third kappa shape index (κ3) is 2.77. The molecule has 1 aliphatic heterocycles. The van der Waals surface area contributed by atoms with Gasteiger partial charge >= 0.3 is 5.97 Å². The van der Waals surface area contributed by atoms with Crippen LogP contribution in [0.5, 0.6) is 0 Å². The molecule has 1 aromatic heterocycles. The molecule has 2 heterocycles. The highest BCUT2D eigenvalue weighted by atomic mass is 32.2. The maximum atomic E-state index is 11.3. The predicted molar refractivity (Wildman–Crippen MR) is 72.9 cm³/mol. The van der Waals surface area contributed by atoms with Gasteiger partial charge in [-0.2, -0.15) is 0 Å². The van der Waals surface area contributed by atoms with E-state index in [-0.39, 0.29) is 6.10 Å². The first kappa shape index (κ1) is 12.9. The first-order chi connectivity index (χ1) is 9.24. The van der Waals surface area contributed by atoms with Crippen LogP contribution in [-0.4, -0.2) is 34.5 Å². The van der Waals surface area contributed by atoms with Crippen LogP contribution in [0.1, 0.15) is 40.9 Å². The summed E-state index contributed by atoms with van der Waals surface area (Å²) in [6.07, 6.45) is 5.44. The summed E-state index contributed by atoms with van der Waals surface area (Å²) < 4.78 is 5.57. The molecular formula is C14H17NO3S. The molecule has 19 heavy (non-hydrogen) atoms. The molecule has 1 N–H and O–H groups in total. The third-order valence-corrected chi connectivity index (χ3v) is 4.80. The van der Waals surface area contributed by atoms with Crippen LogP contribution in [0.15, 0.2) is 11.1 Å². The molecule has 0 saturated carbocycles. The molecule has 1 atom stereocenters. The highest BCUT2D eigenvalue weighted by Gasteiger charge is 2.22. The second-order valence-electron chi connectivity index (χ2n) is 5.05. The van der Waals surface area contributed by atoms with Crippen LogP contribution >= 0.6 is 11.8 Å². The molecular weight excluding hydrogens is 262 g/mol. The molecule has 0 aromatic carbocycles. The summed E-state index contributed by atoms with van der Waals surface area (Å²) in [6, 6.07) is 1.81.